The maximum Gasteiger partial charge on any atom is 0.424 e. The Hall–Kier alpha value is 0.0569. The quantitative estimate of drug-likeness (QED) is 0.149. The molecule has 0 aromatic carbocycles. The van der Waals surface area contributed by atoms with E-state index < -0.39 is 8.72 Å². The largest absolute Gasteiger partial charge is 0.424 e. The van der Waals surface area contributed by atoms with Gasteiger partial charge >= 0.3 is 8.72 Å². The number of rotatable bonds is 23. The molecular formula is C23H52N2O2Si. The van der Waals surface area contributed by atoms with Gasteiger partial charge < -0.3 is 14.6 Å². The third kappa shape index (κ3) is 17.0. The molecule has 0 bridgehead atoms. The Balaban J connectivity index is 3.33. The second-order valence-electron chi connectivity index (χ2n) is 8.28. The number of hydrogen-bond donors (Lipinski definition) is 2. The van der Waals surface area contributed by atoms with Gasteiger partial charge in [-0.3, -0.25) is 4.98 Å². The lowest BCUT2D eigenvalue weighted by molar-refractivity contribution is 0.226. The molecule has 0 fully saturated rings. The molecule has 0 spiro atoms. The minimum atomic E-state index is -2.20. The molecule has 0 rings (SSSR count). The van der Waals surface area contributed by atoms with E-state index in [-0.39, 0.29) is 0 Å². The molecule has 4 nitrogen and oxygen atoms in total. The minimum absolute atomic E-state index is 0.697. The summed E-state index contributed by atoms with van der Waals surface area (Å²) < 4.78 is 11.3. The third-order valence-corrected chi connectivity index (χ3v) is 8.91. The van der Waals surface area contributed by atoms with Crippen LogP contribution in [-0.2, 0) is 8.85 Å². The highest BCUT2D eigenvalue weighted by molar-refractivity contribution is 6.64. The van der Waals surface area contributed by atoms with Crippen molar-refractivity contribution >= 4 is 8.72 Å². The molecule has 0 atom stereocenters. The molecule has 0 saturated carbocycles. The van der Waals surface area contributed by atoms with Crippen molar-refractivity contribution in [1.29, 1.82) is 0 Å². The molecule has 0 radical (unpaired) electrons. The first-order valence-corrected chi connectivity index (χ1v) is 14.3. The van der Waals surface area contributed by atoms with Crippen LogP contribution < -0.4 is 10.7 Å². The summed E-state index contributed by atoms with van der Waals surface area (Å²) in [6.45, 7) is 3.98. The van der Waals surface area contributed by atoms with Crippen molar-refractivity contribution in [2.24, 2.45) is 5.73 Å². The lowest BCUT2D eigenvalue weighted by Crippen LogP contribution is -2.55. The van der Waals surface area contributed by atoms with Crippen LogP contribution in [0.1, 0.15) is 116 Å². The van der Waals surface area contributed by atoms with Gasteiger partial charge in [0.2, 0.25) is 0 Å². The molecule has 0 aromatic rings. The van der Waals surface area contributed by atoms with Crippen molar-refractivity contribution in [2.75, 3.05) is 27.3 Å². The first-order chi connectivity index (χ1) is 13.7. The molecule has 170 valence electrons. The maximum atomic E-state index is 5.67. The number of nitrogens with one attached hydrogen (secondary N) is 1. The molecule has 5 heteroatoms. The number of hydrogen-bond acceptors (Lipinski definition) is 4. The normalized spacial score (nSPS) is 12.0. The van der Waals surface area contributed by atoms with Crippen LogP contribution in [0.3, 0.4) is 0 Å². The fraction of sp³-hybridized carbons (Fsp3) is 1.00. The predicted octanol–water partition coefficient (Wildman–Crippen LogP) is 6.42. The van der Waals surface area contributed by atoms with Gasteiger partial charge in [0.1, 0.15) is 0 Å². The van der Waals surface area contributed by atoms with Crippen LogP contribution in [0.2, 0.25) is 6.04 Å². The van der Waals surface area contributed by atoms with E-state index in [4.69, 9.17) is 14.6 Å². The molecule has 28 heavy (non-hydrogen) atoms. The molecular weight excluding hydrogens is 364 g/mol. The summed E-state index contributed by atoms with van der Waals surface area (Å²) in [5.74, 6) is 0. The molecule has 0 aliphatic carbocycles. The molecule has 0 aromatic heterocycles. The lowest BCUT2D eigenvalue weighted by atomic mass is 10.0. The van der Waals surface area contributed by atoms with Crippen LogP contribution in [-0.4, -0.2) is 36.0 Å². The zero-order valence-corrected chi connectivity index (χ0v) is 20.5. The van der Waals surface area contributed by atoms with Gasteiger partial charge in [-0.25, -0.2) is 0 Å². The summed E-state index contributed by atoms with van der Waals surface area (Å²) in [4.78, 5) is 3.56. The van der Waals surface area contributed by atoms with E-state index in [0.717, 1.165) is 19.0 Å². The molecule has 0 aliphatic heterocycles. The Morgan fingerprint density at radius 3 is 1.36 bits per heavy atom. The fourth-order valence-electron chi connectivity index (χ4n) is 3.81. The average molecular weight is 417 g/mol. The SMILES string of the molecule is CCCCCCCCCCCCCCCCCCN[Si](CCCN)(OC)OC. The molecule has 0 amide bonds. The Bertz CT molecular complexity index is 302. The first kappa shape index (κ1) is 28.1. The lowest BCUT2D eigenvalue weighted by Gasteiger charge is -2.27. The van der Waals surface area contributed by atoms with Gasteiger partial charge in [0.25, 0.3) is 0 Å². The van der Waals surface area contributed by atoms with Gasteiger partial charge in [0.05, 0.1) is 0 Å². The van der Waals surface area contributed by atoms with E-state index in [1.807, 2.05) is 0 Å². The van der Waals surface area contributed by atoms with Crippen molar-refractivity contribution in [1.82, 2.24) is 4.98 Å². The van der Waals surface area contributed by atoms with E-state index in [1.165, 1.54) is 103 Å². The topological polar surface area (TPSA) is 56.5 Å². The second kappa shape index (κ2) is 21.8. The molecule has 3 N–H and O–H groups in total. The van der Waals surface area contributed by atoms with Gasteiger partial charge in [0.15, 0.2) is 0 Å². The van der Waals surface area contributed by atoms with E-state index >= 15 is 0 Å². The van der Waals surface area contributed by atoms with Crippen LogP contribution in [0.25, 0.3) is 0 Å². The molecule has 0 heterocycles. The molecule has 0 unspecified atom stereocenters. The third-order valence-electron chi connectivity index (χ3n) is 5.79. The van der Waals surface area contributed by atoms with Crippen LogP contribution in [0.4, 0.5) is 0 Å². The second-order valence-corrected chi connectivity index (χ2v) is 11.5. The van der Waals surface area contributed by atoms with Gasteiger partial charge in [-0.2, -0.15) is 0 Å². The van der Waals surface area contributed by atoms with Crippen molar-refractivity contribution in [3.63, 3.8) is 0 Å². The van der Waals surface area contributed by atoms with Gasteiger partial charge in [-0.15, -0.1) is 0 Å². The predicted molar refractivity (Wildman–Crippen MR) is 126 cm³/mol. The van der Waals surface area contributed by atoms with Crippen molar-refractivity contribution < 1.29 is 8.85 Å². The summed E-state index contributed by atoms with van der Waals surface area (Å²) >= 11 is 0. The summed E-state index contributed by atoms with van der Waals surface area (Å²) in [6.07, 6.45) is 23.5. The Morgan fingerprint density at radius 2 is 1.00 bits per heavy atom. The Morgan fingerprint density at radius 1 is 0.607 bits per heavy atom. The highest BCUT2D eigenvalue weighted by Gasteiger charge is 2.34. The highest BCUT2D eigenvalue weighted by Crippen LogP contribution is 2.14. The maximum absolute atomic E-state index is 5.67. The zero-order chi connectivity index (χ0) is 20.8. The fourth-order valence-corrected chi connectivity index (χ4v) is 6.07. The van der Waals surface area contributed by atoms with E-state index in [1.54, 1.807) is 14.2 Å². The summed E-state index contributed by atoms with van der Waals surface area (Å²) in [5, 5.41) is 0. The smallest absolute Gasteiger partial charge is 0.386 e. The number of nitrogens with two attached hydrogens (primary N) is 1. The standard InChI is InChI=1S/C23H52N2O2Si/c1-4-5-6-7-8-9-10-11-12-13-14-15-16-17-18-19-22-25-28(26-2,27-3)23-20-21-24/h25H,4-24H2,1-3H3. The molecule has 0 aliphatic rings. The molecule has 0 saturated heterocycles. The van der Waals surface area contributed by atoms with Crippen LogP contribution in [0.15, 0.2) is 0 Å². The number of unbranched alkanes of at least 4 members (excludes halogenated alkanes) is 15. The van der Waals surface area contributed by atoms with Crippen molar-refractivity contribution in [2.45, 2.75) is 122 Å². The zero-order valence-electron chi connectivity index (χ0n) is 19.5. The van der Waals surface area contributed by atoms with Crippen LogP contribution in [0.5, 0.6) is 0 Å². The first-order valence-electron chi connectivity index (χ1n) is 12.3. The van der Waals surface area contributed by atoms with E-state index in [9.17, 15) is 0 Å². The summed E-state index contributed by atoms with van der Waals surface area (Å²) in [6, 6.07) is 0.926. The Kier molecular flexibility index (Phi) is 21.8. The van der Waals surface area contributed by atoms with Gasteiger partial charge in [0, 0.05) is 20.3 Å². The summed E-state index contributed by atoms with van der Waals surface area (Å²) in [7, 11) is 1.31. The van der Waals surface area contributed by atoms with E-state index in [0.29, 0.717) is 6.54 Å². The highest BCUT2D eigenvalue weighted by atomic mass is 28.4. The monoisotopic (exact) mass is 416 g/mol. The summed E-state index contributed by atoms with van der Waals surface area (Å²) in [5.41, 5.74) is 5.62. The van der Waals surface area contributed by atoms with Gasteiger partial charge in [-0.05, 0) is 25.9 Å². The van der Waals surface area contributed by atoms with Crippen molar-refractivity contribution in [3.05, 3.63) is 0 Å². The van der Waals surface area contributed by atoms with Crippen LogP contribution >= 0.6 is 0 Å². The van der Waals surface area contributed by atoms with Crippen LogP contribution in [0, 0.1) is 0 Å². The van der Waals surface area contributed by atoms with Crippen molar-refractivity contribution in [3.8, 4) is 0 Å². The minimum Gasteiger partial charge on any atom is -0.386 e. The van der Waals surface area contributed by atoms with E-state index in [2.05, 4.69) is 11.9 Å². The Labute approximate surface area is 178 Å². The average Bonchev–Trinajstić information content (AvgIpc) is 2.73. The van der Waals surface area contributed by atoms with Gasteiger partial charge in [-0.1, -0.05) is 103 Å².